The summed E-state index contributed by atoms with van der Waals surface area (Å²) < 4.78 is 0. The number of hydrogen-bond donors (Lipinski definition) is 1. The first-order valence-corrected chi connectivity index (χ1v) is 11.7. The Hall–Kier alpha value is -1.98. The van der Waals surface area contributed by atoms with Gasteiger partial charge in [0, 0.05) is 30.7 Å². The van der Waals surface area contributed by atoms with Crippen molar-refractivity contribution < 1.29 is 4.79 Å². The fourth-order valence-electron chi connectivity index (χ4n) is 4.24. The van der Waals surface area contributed by atoms with Crippen LogP contribution in [0, 0.1) is 5.92 Å². The van der Waals surface area contributed by atoms with Gasteiger partial charge >= 0.3 is 0 Å². The Bertz CT molecular complexity index is 793. The molecule has 29 heavy (non-hydrogen) atoms. The lowest BCUT2D eigenvalue weighted by atomic mass is 9.84. The minimum Gasteiger partial charge on any atom is -0.349 e. The number of hydrogen-bond acceptors (Lipinski definition) is 4. The van der Waals surface area contributed by atoms with E-state index < -0.39 is 0 Å². The van der Waals surface area contributed by atoms with E-state index in [2.05, 4.69) is 48.2 Å². The molecule has 1 aromatic carbocycles. The molecule has 0 aliphatic carbocycles. The highest BCUT2D eigenvalue weighted by Crippen LogP contribution is 2.30. The van der Waals surface area contributed by atoms with Gasteiger partial charge in [-0.1, -0.05) is 31.7 Å². The maximum atomic E-state index is 13.1. The number of thioether (sulfide) groups is 1. The SMILES string of the molecule is C=C/C=C\C(=C/N(C)c1ccc(CC)cc1SC)C(=O)NC1CN2CCC1CC2. The van der Waals surface area contributed by atoms with Gasteiger partial charge in [-0.05, 0) is 68.3 Å². The van der Waals surface area contributed by atoms with Gasteiger partial charge in [-0.2, -0.15) is 0 Å². The zero-order chi connectivity index (χ0) is 20.8. The summed E-state index contributed by atoms with van der Waals surface area (Å²) in [5, 5.41) is 3.30. The number of carbonyl (C=O) groups is 1. The maximum Gasteiger partial charge on any atom is 0.253 e. The molecule has 0 aromatic heterocycles. The average molecular weight is 412 g/mol. The van der Waals surface area contributed by atoms with Gasteiger partial charge < -0.3 is 15.1 Å². The molecule has 5 heteroatoms. The monoisotopic (exact) mass is 411 g/mol. The predicted molar refractivity (Wildman–Crippen MR) is 125 cm³/mol. The zero-order valence-electron chi connectivity index (χ0n) is 17.9. The highest BCUT2D eigenvalue weighted by Gasteiger charge is 2.35. The highest BCUT2D eigenvalue weighted by atomic mass is 32.2. The van der Waals surface area contributed by atoms with E-state index in [0.29, 0.717) is 11.5 Å². The smallest absolute Gasteiger partial charge is 0.253 e. The van der Waals surface area contributed by atoms with Crippen LogP contribution >= 0.6 is 11.8 Å². The molecule has 1 N–H and O–H groups in total. The predicted octanol–water partition coefficient (Wildman–Crippen LogP) is 4.24. The molecule has 156 valence electrons. The summed E-state index contributed by atoms with van der Waals surface area (Å²) in [6, 6.07) is 6.78. The van der Waals surface area contributed by atoms with Crippen LogP contribution in [0.5, 0.6) is 0 Å². The van der Waals surface area contributed by atoms with E-state index in [1.54, 1.807) is 17.8 Å². The first-order chi connectivity index (χ1) is 14.0. The van der Waals surface area contributed by atoms with E-state index in [-0.39, 0.29) is 11.9 Å². The fraction of sp³-hybridized carbons (Fsp3) is 0.458. The Balaban J connectivity index is 1.80. The molecule has 1 unspecified atom stereocenters. The third-order valence-electron chi connectivity index (χ3n) is 6.01. The van der Waals surface area contributed by atoms with Crippen LogP contribution in [0.25, 0.3) is 0 Å². The molecule has 3 fully saturated rings. The van der Waals surface area contributed by atoms with Crippen molar-refractivity contribution in [1.29, 1.82) is 0 Å². The van der Waals surface area contributed by atoms with Gasteiger partial charge in [0.15, 0.2) is 0 Å². The number of piperidine rings is 3. The Kier molecular flexibility index (Phi) is 7.62. The number of nitrogens with zero attached hydrogens (tertiary/aromatic N) is 2. The van der Waals surface area contributed by atoms with Crippen molar-refractivity contribution in [3.63, 3.8) is 0 Å². The van der Waals surface area contributed by atoms with E-state index in [0.717, 1.165) is 18.7 Å². The molecule has 0 spiro atoms. The molecule has 3 aliphatic rings. The number of carbonyl (C=O) groups excluding carboxylic acids is 1. The number of anilines is 1. The molecule has 0 radical (unpaired) electrons. The van der Waals surface area contributed by atoms with Crippen molar-refractivity contribution in [2.75, 3.05) is 37.8 Å². The van der Waals surface area contributed by atoms with Crippen molar-refractivity contribution in [2.45, 2.75) is 37.1 Å². The van der Waals surface area contributed by atoms with E-state index in [9.17, 15) is 4.79 Å². The summed E-state index contributed by atoms with van der Waals surface area (Å²) >= 11 is 1.73. The summed E-state index contributed by atoms with van der Waals surface area (Å²) in [5.41, 5.74) is 3.08. The second-order valence-electron chi connectivity index (χ2n) is 7.87. The first-order valence-electron chi connectivity index (χ1n) is 10.5. The number of fused-ring (bicyclic) bond motifs is 3. The number of nitrogens with one attached hydrogen (secondary N) is 1. The molecule has 2 bridgehead atoms. The number of allylic oxidation sites excluding steroid dienone is 2. The Morgan fingerprint density at radius 3 is 2.72 bits per heavy atom. The number of amides is 1. The van der Waals surface area contributed by atoms with Crippen molar-refractivity contribution in [1.82, 2.24) is 10.2 Å². The number of rotatable bonds is 8. The van der Waals surface area contributed by atoms with Gasteiger partial charge in [0.1, 0.15) is 0 Å². The highest BCUT2D eigenvalue weighted by molar-refractivity contribution is 7.98. The molecule has 1 aromatic rings. The van der Waals surface area contributed by atoms with E-state index in [4.69, 9.17) is 0 Å². The topological polar surface area (TPSA) is 35.6 Å². The number of benzene rings is 1. The van der Waals surface area contributed by atoms with Crippen LogP contribution in [0.4, 0.5) is 5.69 Å². The molecule has 3 aliphatic heterocycles. The summed E-state index contributed by atoms with van der Waals surface area (Å²) in [6.07, 6.45) is 12.8. The maximum absolute atomic E-state index is 13.1. The largest absolute Gasteiger partial charge is 0.349 e. The summed E-state index contributed by atoms with van der Waals surface area (Å²) in [4.78, 5) is 18.8. The van der Waals surface area contributed by atoms with E-state index >= 15 is 0 Å². The molecule has 1 atom stereocenters. The van der Waals surface area contributed by atoms with Crippen LogP contribution in [0.2, 0.25) is 0 Å². The normalized spacial score (nSPS) is 24.0. The van der Waals surface area contributed by atoms with Gasteiger partial charge in [-0.15, -0.1) is 11.8 Å². The van der Waals surface area contributed by atoms with Gasteiger partial charge in [-0.3, -0.25) is 4.79 Å². The Morgan fingerprint density at radius 2 is 2.14 bits per heavy atom. The van der Waals surface area contributed by atoms with Crippen molar-refractivity contribution >= 4 is 23.4 Å². The van der Waals surface area contributed by atoms with Crippen molar-refractivity contribution in [3.8, 4) is 0 Å². The second-order valence-corrected chi connectivity index (χ2v) is 8.72. The molecule has 3 heterocycles. The molecule has 4 rings (SSSR count). The molecular formula is C24H33N3OS. The van der Waals surface area contributed by atoms with Gasteiger partial charge in [0.25, 0.3) is 5.91 Å². The van der Waals surface area contributed by atoms with Crippen LogP contribution in [0.3, 0.4) is 0 Å². The van der Waals surface area contributed by atoms with Crippen molar-refractivity contribution in [2.24, 2.45) is 5.92 Å². The van der Waals surface area contributed by atoms with Crippen LogP contribution in [0.1, 0.15) is 25.3 Å². The second kappa shape index (κ2) is 10.2. The molecule has 3 saturated heterocycles. The van der Waals surface area contributed by atoms with Gasteiger partial charge in [0.05, 0.1) is 11.3 Å². The van der Waals surface area contributed by atoms with E-state index in [1.807, 2.05) is 30.3 Å². The van der Waals surface area contributed by atoms with Crippen LogP contribution < -0.4 is 10.2 Å². The average Bonchev–Trinajstić information content (AvgIpc) is 2.76. The fourth-order valence-corrected chi connectivity index (χ4v) is 4.93. The lowest BCUT2D eigenvalue weighted by molar-refractivity contribution is -0.119. The molecule has 1 amide bonds. The minimum absolute atomic E-state index is 0.00965. The van der Waals surface area contributed by atoms with Gasteiger partial charge in [-0.25, -0.2) is 0 Å². The lowest BCUT2D eigenvalue weighted by Crippen LogP contribution is -2.57. The molecule has 4 nitrogen and oxygen atoms in total. The minimum atomic E-state index is -0.00965. The zero-order valence-corrected chi connectivity index (χ0v) is 18.7. The Labute approximate surface area is 179 Å². The third-order valence-corrected chi connectivity index (χ3v) is 6.78. The third kappa shape index (κ3) is 5.34. The van der Waals surface area contributed by atoms with Crippen molar-refractivity contribution in [3.05, 3.63) is 60.3 Å². The molecular weight excluding hydrogens is 378 g/mol. The lowest BCUT2D eigenvalue weighted by Gasteiger charge is -2.45. The summed E-state index contributed by atoms with van der Waals surface area (Å²) in [6.45, 7) is 9.23. The standard InChI is InChI=1S/C24H33N3OS/c1-5-7-8-20(24(28)25-21-17-27-13-11-19(21)12-14-27)16-26(3)22-10-9-18(6-2)15-23(22)29-4/h5,7-10,15-16,19,21H,1,6,11-14,17H2,2-4H3,(H,25,28)/b8-7-,20-16+. The summed E-state index contributed by atoms with van der Waals surface area (Å²) in [5.74, 6) is 0.598. The number of aryl methyl sites for hydroxylation is 1. The van der Waals surface area contributed by atoms with Crippen LogP contribution in [-0.4, -0.2) is 49.8 Å². The Morgan fingerprint density at radius 1 is 1.38 bits per heavy atom. The summed E-state index contributed by atoms with van der Waals surface area (Å²) in [7, 11) is 2.00. The molecule has 0 saturated carbocycles. The quantitative estimate of drug-likeness (QED) is 0.394. The van der Waals surface area contributed by atoms with E-state index in [1.165, 1.54) is 36.4 Å². The van der Waals surface area contributed by atoms with Gasteiger partial charge in [0.2, 0.25) is 0 Å². The van der Waals surface area contributed by atoms with Crippen LogP contribution in [0.15, 0.2) is 59.7 Å². The first kappa shape index (κ1) is 21.7. The van der Waals surface area contributed by atoms with Crippen LogP contribution in [-0.2, 0) is 11.2 Å².